The van der Waals surface area contributed by atoms with E-state index >= 15 is 0 Å². The number of amides is 1. The molecule has 1 heterocycles. The average Bonchev–Trinajstić information content (AvgIpc) is 3.02. The van der Waals surface area contributed by atoms with Gasteiger partial charge in [-0.2, -0.15) is 11.8 Å². The van der Waals surface area contributed by atoms with Crippen molar-refractivity contribution < 1.29 is 4.79 Å². The van der Waals surface area contributed by atoms with Crippen molar-refractivity contribution in [2.75, 3.05) is 12.0 Å². The van der Waals surface area contributed by atoms with Crippen LogP contribution < -0.4 is 11.1 Å². The van der Waals surface area contributed by atoms with E-state index in [9.17, 15) is 4.79 Å². The standard InChI is InChI=1S/C18H26N4OS/c1-24-10-9-16(17-20-14-7-2-3-8-15(14)21-17)22-18(23)12-5-4-6-13(19)11-12/h2-3,7-8,12-13,16H,4-6,9-11,19H2,1H3,(H,20,21)(H,22,23). The number of nitrogens with one attached hydrogen (secondary N) is 2. The Balaban J connectivity index is 1.74. The third kappa shape index (κ3) is 4.11. The van der Waals surface area contributed by atoms with Gasteiger partial charge in [0.25, 0.3) is 0 Å². The number of nitrogens with two attached hydrogens (primary N) is 1. The first-order valence-corrected chi connectivity index (χ1v) is 10.1. The number of aromatic nitrogens is 2. The number of hydrogen-bond donors (Lipinski definition) is 3. The lowest BCUT2D eigenvalue weighted by Gasteiger charge is -2.27. The monoisotopic (exact) mass is 346 g/mol. The Hall–Kier alpha value is -1.53. The Morgan fingerprint density at radius 2 is 2.29 bits per heavy atom. The molecule has 0 aliphatic heterocycles. The fourth-order valence-corrected chi connectivity index (χ4v) is 3.88. The molecule has 1 fully saturated rings. The van der Waals surface area contributed by atoms with Crippen molar-refractivity contribution >= 4 is 28.7 Å². The van der Waals surface area contributed by atoms with E-state index in [0.717, 1.165) is 54.7 Å². The summed E-state index contributed by atoms with van der Waals surface area (Å²) in [6.07, 6.45) is 6.75. The number of benzene rings is 1. The van der Waals surface area contributed by atoms with Gasteiger partial charge in [0, 0.05) is 12.0 Å². The fourth-order valence-electron chi connectivity index (χ4n) is 3.41. The highest BCUT2D eigenvalue weighted by Gasteiger charge is 2.28. The first kappa shape index (κ1) is 17.3. The highest BCUT2D eigenvalue weighted by molar-refractivity contribution is 7.98. The summed E-state index contributed by atoms with van der Waals surface area (Å²) >= 11 is 1.78. The Kier molecular flexibility index (Phi) is 5.79. The van der Waals surface area contributed by atoms with Crippen molar-refractivity contribution in [2.24, 2.45) is 11.7 Å². The summed E-state index contributed by atoms with van der Waals surface area (Å²) in [6, 6.07) is 8.05. The molecule has 0 saturated heterocycles. The van der Waals surface area contributed by atoms with E-state index in [-0.39, 0.29) is 23.9 Å². The van der Waals surface area contributed by atoms with Gasteiger partial charge in [0.05, 0.1) is 17.1 Å². The molecule has 24 heavy (non-hydrogen) atoms. The minimum absolute atomic E-state index is 0.0370. The second-order valence-electron chi connectivity index (χ2n) is 6.61. The number of carbonyl (C=O) groups is 1. The third-order valence-electron chi connectivity index (χ3n) is 4.75. The number of H-pyrrole nitrogens is 1. The van der Waals surface area contributed by atoms with E-state index < -0.39 is 0 Å². The molecule has 6 heteroatoms. The molecule has 3 atom stereocenters. The maximum absolute atomic E-state index is 12.7. The van der Waals surface area contributed by atoms with Crippen LogP contribution in [-0.2, 0) is 4.79 Å². The number of hydrogen-bond acceptors (Lipinski definition) is 4. The van der Waals surface area contributed by atoms with Gasteiger partial charge in [0.2, 0.25) is 5.91 Å². The lowest BCUT2D eigenvalue weighted by atomic mass is 9.85. The van der Waals surface area contributed by atoms with Crippen LogP contribution in [0, 0.1) is 5.92 Å². The zero-order valence-electron chi connectivity index (χ0n) is 14.1. The highest BCUT2D eigenvalue weighted by atomic mass is 32.2. The van der Waals surface area contributed by atoms with Crippen molar-refractivity contribution in [1.29, 1.82) is 0 Å². The molecule has 1 aromatic heterocycles. The van der Waals surface area contributed by atoms with Crippen LogP contribution in [0.25, 0.3) is 11.0 Å². The lowest BCUT2D eigenvalue weighted by molar-refractivity contribution is -0.127. The van der Waals surface area contributed by atoms with Crippen LogP contribution >= 0.6 is 11.8 Å². The van der Waals surface area contributed by atoms with E-state index in [4.69, 9.17) is 5.73 Å². The maximum Gasteiger partial charge on any atom is 0.223 e. The number of thioether (sulfide) groups is 1. The Morgan fingerprint density at radius 3 is 3.04 bits per heavy atom. The van der Waals surface area contributed by atoms with Gasteiger partial charge < -0.3 is 16.0 Å². The van der Waals surface area contributed by atoms with E-state index in [0.29, 0.717) is 0 Å². The number of carbonyl (C=O) groups excluding carboxylic acids is 1. The summed E-state index contributed by atoms with van der Waals surface area (Å²) in [5.74, 6) is 1.98. The summed E-state index contributed by atoms with van der Waals surface area (Å²) in [5.41, 5.74) is 7.98. The number of nitrogens with zero attached hydrogens (tertiary/aromatic N) is 1. The van der Waals surface area contributed by atoms with Crippen molar-refractivity contribution in [3.05, 3.63) is 30.1 Å². The molecule has 3 unspecified atom stereocenters. The SMILES string of the molecule is CSCCC(NC(=O)C1CCCC(N)C1)c1nc2ccccc2[nH]1. The molecule has 0 radical (unpaired) electrons. The zero-order valence-corrected chi connectivity index (χ0v) is 14.9. The molecule has 1 aliphatic rings. The van der Waals surface area contributed by atoms with Gasteiger partial charge in [0.15, 0.2) is 0 Å². The normalized spacial score (nSPS) is 22.4. The molecule has 1 aromatic carbocycles. The molecule has 130 valence electrons. The van der Waals surface area contributed by atoms with E-state index in [1.165, 1.54) is 0 Å². The minimum Gasteiger partial charge on any atom is -0.346 e. The second kappa shape index (κ2) is 8.03. The Morgan fingerprint density at radius 1 is 1.46 bits per heavy atom. The molecule has 2 aromatic rings. The zero-order chi connectivity index (χ0) is 16.9. The number of fused-ring (bicyclic) bond motifs is 1. The van der Waals surface area contributed by atoms with Crippen LogP contribution in [0.3, 0.4) is 0 Å². The predicted molar refractivity (Wildman–Crippen MR) is 99.9 cm³/mol. The summed E-state index contributed by atoms with van der Waals surface area (Å²) in [4.78, 5) is 20.7. The number of imidazole rings is 1. The van der Waals surface area contributed by atoms with Crippen LogP contribution in [0.4, 0.5) is 0 Å². The largest absolute Gasteiger partial charge is 0.346 e. The molecule has 4 N–H and O–H groups in total. The molecule has 5 nitrogen and oxygen atoms in total. The number of rotatable bonds is 6. The van der Waals surface area contributed by atoms with Crippen LogP contribution in [0.1, 0.15) is 44.0 Å². The van der Waals surface area contributed by atoms with Gasteiger partial charge in [-0.05, 0) is 49.8 Å². The van der Waals surface area contributed by atoms with E-state index in [1.54, 1.807) is 11.8 Å². The summed E-state index contributed by atoms with van der Waals surface area (Å²) < 4.78 is 0. The van der Waals surface area contributed by atoms with Gasteiger partial charge >= 0.3 is 0 Å². The van der Waals surface area contributed by atoms with Crippen LogP contribution in [0.5, 0.6) is 0 Å². The molecule has 1 amide bonds. The Labute approximate surface area is 147 Å². The smallest absolute Gasteiger partial charge is 0.223 e. The minimum atomic E-state index is -0.0736. The first-order valence-electron chi connectivity index (χ1n) is 8.67. The van der Waals surface area contributed by atoms with E-state index in [1.807, 2.05) is 24.3 Å². The molecule has 0 bridgehead atoms. The maximum atomic E-state index is 12.7. The fraction of sp³-hybridized carbons (Fsp3) is 0.556. The quantitative estimate of drug-likeness (QED) is 0.751. The molecule has 3 rings (SSSR count). The van der Waals surface area contributed by atoms with Crippen molar-refractivity contribution in [1.82, 2.24) is 15.3 Å². The van der Waals surface area contributed by atoms with Gasteiger partial charge in [-0.1, -0.05) is 18.6 Å². The topological polar surface area (TPSA) is 83.8 Å². The summed E-state index contributed by atoms with van der Waals surface area (Å²) in [6.45, 7) is 0. The molecular weight excluding hydrogens is 320 g/mol. The van der Waals surface area contributed by atoms with Gasteiger partial charge in [0.1, 0.15) is 5.82 Å². The molecule has 0 spiro atoms. The number of aromatic amines is 1. The van der Waals surface area contributed by atoms with Crippen molar-refractivity contribution in [2.45, 2.75) is 44.2 Å². The molecule has 1 aliphatic carbocycles. The van der Waals surface area contributed by atoms with Crippen LogP contribution in [-0.4, -0.2) is 33.9 Å². The van der Waals surface area contributed by atoms with Crippen molar-refractivity contribution in [3.63, 3.8) is 0 Å². The van der Waals surface area contributed by atoms with Gasteiger partial charge in [-0.25, -0.2) is 4.98 Å². The van der Waals surface area contributed by atoms with Crippen LogP contribution in [0.15, 0.2) is 24.3 Å². The van der Waals surface area contributed by atoms with Crippen molar-refractivity contribution in [3.8, 4) is 0 Å². The lowest BCUT2D eigenvalue weighted by Crippen LogP contribution is -2.39. The predicted octanol–water partition coefficient (Wildman–Crippen LogP) is 2.99. The average molecular weight is 346 g/mol. The molecular formula is C18H26N4OS. The highest BCUT2D eigenvalue weighted by Crippen LogP contribution is 2.25. The van der Waals surface area contributed by atoms with Gasteiger partial charge in [-0.3, -0.25) is 4.79 Å². The first-order chi connectivity index (χ1) is 11.7. The van der Waals surface area contributed by atoms with Gasteiger partial charge in [-0.15, -0.1) is 0 Å². The van der Waals surface area contributed by atoms with Crippen LogP contribution in [0.2, 0.25) is 0 Å². The summed E-state index contributed by atoms with van der Waals surface area (Å²) in [5, 5.41) is 3.22. The Bertz CT molecular complexity index is 653. The summed E-state index contributed by atoms with van der Waals surface area (Å²) in [7, 11) is 0. The number of para-hydroxylation sites is 2. The second-order valence-corrected chi connectivity index (χ2v) is 7.59. The molecule has 1 saturated carbocycles. The van der Waals surface area contributed by atoms with E-state index in [2.05, 4.69) is 21.5 Å². The third-order valence-corrected chi connectivity index (χ3v) is 5.39.